The second-order valence-corrected chi connectivity index (χ2v) is 5.78. The molecular formula is C14H18FNO2S. The molecule has 1 unspecified atom stereocenters. The van der Waals surface area contributed by atoms with Crippen LogP contribution in [0.1, 0.15) is 12.8 Å². The summed E-state index contributed by atoms with van der Waals surface area (Å²) < 4.78 is 18.1. The third kappa shape index (κ3) is 3.09. The van der Waals surface area contributed by atoms with Gasteiger partial charge >= 0.3 is 5.97 Å². The molecule has 1 aromatic carbocycles. The normalized spacial score (nSPS) is 17.8. The lowest BCUT2D eigenvalue weighted by Crippen LogP contribution is -2.55. The molecular weight excluding hydrogens is 265 g/mol. The molecule has 0 radical (unpaired) electrons. The largest absolute Gasteiger partial charge is 0.468 e. The van der Waals surface area contributed by atoms with Gasteiger partial charge in [-0.3, -0.25) is 4.79 Å². The van der Waals surface area contributed by atoms with Crippen LogP contribution in [0.5, 0.6) is 0 Å². The maximum Gasteiger partial charge on any atom is 0.327 e. The van der Waals surface area contributed by atoms with E-state index in [1.54, 1.807) is 13.1 Å². The van der Waals surface area contributed by atoms with Crippen molar-refractivity contribution in [3.05, 3.63) is 30.1 Å². The molecule has 3 nitrogen and oxygen atoms in total. The van der Waals surface area contributed by atoms with Crippen LogP contribution in [0.2, 0.25) is 0 Å². The molecule has 1 aliphatic carbocycles. The fraction of sp³-hybridized carbons (Fsp3) is 0.500. The van der Waals surface area contributed by atoms with Crippen LogP contribution in [-0.2, 0) is 9.53 Å². The summed E-state index contributed by atoms with van der Waals surface area (Å²) in [5.41, 5.74) is -0.661. The van der Waals surface area contributed by atoms with Gasteiger partial charge in [-0.1, -0.05) is 6.07 Å². The highest BCUT2D eigenvalue weighted by molar-refractivity contribution is 7.99. The molecule has 104 valence electrons. The summed E-state index contributed by atoms with van der Waals surface area (Å²) in [6.07, 6.45) is 2.05. The number of hydrogen-bond acceptors (Lipinski definition) is 4. The minimum absolute atomic E-state index is 0.235. The molecule has 19 heavy (non-hydrogen) atoms. The summed E-state index contributed by atoms with van der Waals surface area (Å²) in [6, 6.07) is 6.41. The number of likely N-dealkylation sites (N-methyl/N-ethyl adjacent to an activating group) is 1. The topological polar surface area (TPSA) is 38.3 Å². The smallest absolute Gasteiger partial charge is 0.327 e. The molecule has 0 aliphatic heterocycles. The predicted molar refractivity (Wildman–Crippen MR) is 73.7 cm³/mol. The van der Waals surface area contributed by atoms with Gasteiger partial charge in [-0.25, -0.2) is 4.39 Å². The summed E-state index contributed by atoms with van der Waals surface area (Å²) in [4.78, 5) is 12.9. The number of halogens is 1. The maximum absolute atomic E-state index is 13.1. The lowest BCUT2D eigenvalue weighted by Gasteiger charge is -2.30. The van der Waals surface area contributed by atoms with Crippen LogP contribution in [0.25, 0.3) is 0 Å². The van der Waals surface area contributed by atoms with Crippen LogP contribution in [0.3, 0.4) is 0 Å². The van der Waals surface area contributed by atoms with Crippen molar-refractivity contribution in [1.29, 1.82) is 0 Å². The second kappa shape index (κ2) is 5.92. The fourth-order valence-corrected chi connectivity index (χ4v) is 3.50. The number of methoxy groups -OCH3 is 1. The SMILES string of the molecule is CNC(CSc1cccc(F)c1)(C(=O)OC)C1CC1. The average molecular weight is 283 g/mol. The fourth-order valence-electron chi connectivity index (χ4n) is 2.23. The van der Waals surface area contributed by atoms with Crippen LogP contribution in [0.15, 0.2) is 29.2 Å². The van der Waals surface area contributed by atoms with Crippen LogP contribution in [0, 0.1) is 11.7 Å². The van der Waals surface area contributed by atoms with Crippen molar-refractivity contribution in [2.45, 2.75) is 23.3 Å². The highest BCUT2D eigenvalue weighted by atomic mass is 32.2. The van der Waals surface area contributed by atoms with Gasteiger partial charge in [0, 0.05) is 10.6 Å². The van der Waals surface area contributed by atoms with E-state index in [4.69, 9.17) is 4.74 Å². The second-order valence-electron chi connectivity index (χ2n) is 4.73. The highest BCUT2D eigenvalue weighted by Gasteiger charge is 2.50. The van der Waals surface area contributed by atoms with E-state index >= 15 is 0 Å². The van der Waals surface area contributed by atoms with E-state index in [0.717, 1.165) is 17.7 Å². The minimum Gasteiger partial charge on any atom is -0.468 e. The van der Waals surface area contributed by atoms with E-state index in [0.29, 0.717) is 11.7 Å². The first-order valence-corrected chi connectivity index (χ1v) is 7.26. The molecule has 1 atom stereocenters. The van der Waals surface area contributed by atoms with Gasteiger partial charge in [0.25, 0.3) is 0 Å². The van der Waals surface area contributed by atoms with Crippen LogP contribution < -0.4 is 5.32 Å². The number of nitrogens with one attached hydrogen (secondary N) is 1. The summed E-state index contributed by atoms with van der Waals surface area (Å²) in [5.74, 6) is 0.363. The van der Waals surface area contributed by atoms with Crippen LogP contribution in [0.4, 0.5) is 4.39 Å². The van der Waals surface area contributed by atoms with E-state index in [2.05, 4.69) is 5.32 Å². The third-order valence-electron chi connectivity index (χ3n) is 3.53. The summed E-state index contributed by atoms with van der Waals surface area (Å²) in [6.45, 7) is 0. The standard InChI is InChI=1S/C14H18FNO2S/c1-16-14(10-6-7-10,13(17)18-2)9-19-12-5-3-4-11(15)8-12/h3-5,8,10,16H,6-7,9H2,1-2H3. The summed E-state index contributed by atoms with van der Waals surface area (Å²) >= 11 is 1.47. The number of ether oxygens (including phenoxy) is 1. The van der Waals surface area contributed by atoms with Gasteiger partial charge in [-0.2, -0.15) is 0 Å². The van der Waals surface area contributed by atoms with E-state index in [9.17, 15) is 9.18 Å². The molecule has 0 bridgehead atoms. The number of carbonyl (C=O) groups excluding carboxylic acids is 1. The molecule has 0 spiro atoms. The predicted octanol–water partition coefficient (Wildman–Crippen LogP) is 2.46. The Kier molecular flexibility index (Phi) is 4.47. The van der Waals surface area contributed by atoms with Crippen molar-refractivity contribution in [3.63, 3.8) is 0 Å². The maximum atomic E-state index is 13.1. The molecule has 1 saturated carbocycles. The zero-order chi connectivity index (χ0) is 13.9. The molecule has 2 rings (SSSR count). The van der Waals surface area contributed by atoms with Gasteiger partial charge in [-0.15, -0.1) is 11.8 Å². The van der Waals surface area contributed by atoms with Crippen molar-refractivity contribution in [1.82, 2.24) is 5.32 Å². The number of esters is 1. The van der Waals surface area contributed by atoms with Crippen LogP contribution in [-0.4, -0.2) is 31.4 Å². The van der Waals surface area contributed by atoms with E-state index in [1.165, 1.54) is 31.0 Å². The zero-order valence-electron chi connectivity index (χ0n) is 11.1. The Balaban J connectivity index is 2.10. The van der Waals surface area contributed by atoms with Crippen molar-refractivity contribution >= 4 is 17.7 Å². The number of thioether (sulfide) groups is 1. The first-order chi connectivity index (χ1) is 9.12. The van der Waals surface area contributed by atoms with Crippen molar-refractivity contribution in [2.24, 2.45) is 5.92 Å². The van der Waals surface area contributed by atoms with Crippen molar-refractivity contribution < 1.29 is 13.9 Å². The van der Waals surface area contributed by atoms with E-state index in [-0.39, 0.29) is 11.8 Å². The molecule has 0 aromatic heterocycles. The number of carbonyl (C=O) groups is 1. The molecule has 5 heteroatoms. The van der Waals surface area contributed by atoms with Gasteiger partial charge in [0.05, 0.1) is 7.11 Å². The molecule has 0 amide bonds. The van der Waals surface area contributed by atoms with E-state index in [1.807, 2.05) is 6.07 Å². The lowest BCUT2D eigenvalue weighted by molar-refractivity contribution is -0.148. The van der Waals surface area contributed by atoms with Gasteiger partial charge in [0.1, 0.15) is 11.4 Å². The average Bonchev–Trinajstić information content (AvgIpc) is 3.24. The summed E-state index contributed by atoms with van der Waals surface area (Å²) in [7, 11) is 3.19. The van der Waals surface area contributed by atoms with Gasteiger partial charge in [0.15, 0.2) is 0 Å². The van der Waals surface area contributed by atoms with Gasteiger partial charge in [-0.05, 0) is 44.0 Å². The Hall–Kier alpha value is -1.07. The monoisotopic (exact) mass is 283 g/mol. The first-order valence-electron chi connectivity index (χ1n) is 6.28. The Morgan fingerprint density at radius 1 is 1.58 bits per heavy atom. The Bertz CT molecular complexity index is 465. The zero-order valence-corrected chi connectivity index (χ0v) is 11.9. The van der Waals surface area contributed by atoms with Gasteiger partial charge in [0.2, 0.25) is 0 Å². The highest BCUT2D eigenvalue weighted by Crippen LogP contribution is 2.42. The first kappa shape index (κ1) is 14.3. The molecule has 1 fully saturated rings. The molecule has 1 aliphatic rings. The molecule has 0 saturated heterocycles. The molecule has 1 N–H and O–H groups in total. The Morgan fingerprint density at radius 3 is 2.84 bits per heavy atom. The van der Waals surface area contributed by atoms with Gasteiger partial charge < -0.3 is 10.1 Å². The number of benzene rings is 1. The number of rotatable bonds is 6. The summed E-state index contributed by atoms with van der Waals surface area (Å²) in [5, 5.41) is 3.12. The van der Waals surface area contributed by atoms with Crippen molar-refractivity contribution in [2.75, 3.05) is 19.9 Å². The Labute approximate surface area is 116 Å². The lowest BCUT2D eigenvalue weighted by atomic mass is 9.96. The number of hydrogen-bond donors (Lipinski definition) is 1. The van der Waals surface area contributed by atoms with Crippen molar-refractivity contribution in [3.8, 4) is 0 Å². The van der Waals surface area contributed by atoms with Crippen LogP contribution >= 0.6 is 11.8 Å². The molecule has 1 aromatic rings. The molecule has 0 heterocycles. The minimum atomic E-state index is -0.661. The van der Waals surface area contributed by atoms with E-state index < -0.39 is 5.54 Å². The quantitative estimate of drug-likeness (QED) is 0.643. The Morgan fingerprint density at radius 2 is 2.32 bits per heavy atom. The third-order valence-corrected chi connectivity index (χ3v) is 4.72.